The number of aromatic nitrogens is 4. The molecule has 0 fully saturated rings. The summed E-state index contributed by atoms with van der Waals surface area (Å²) in [6.07, 6.45) is 5.16. The molecule has 0 atom stereocenters. The number of ether oxygens (including phenoxy) is 1. The zero-order chi connectivity index (χ0) is 52.8. The number of fused-ring (bicyclic) bond motifs is 4. The summed E-state index contributed by atoms with van der Waals surface area (Å²) >= 11 is 0. The Morgan fingerprint density at radius 2 is 1.36 bits per heavy atom. The molecule has 0 aliphatic heterocycles. The van der Waals surface area contributed by atoms with Crippen LogP contribution in [0.15, 0.2) is 194 Å². The van der Waals surface area contributed by atoms with E-state index in [0.29, 0.717) is 33.8 Å². The first-order valence-electron chi connectivity index (χ1n) is 25.9. The molecule has 0 unspecified atom stereocenters. The van der Waals surface area contributed by atoms with E-state index in [-0.39, 0.29) is 65.7 Å². The van der Waals surface area contributed by atoms with Gasteiger partial charge in [0, 0.05) is 44.3 Å². The van der Waals surface area contributed by atoms with Gasteiger partial charge in [0.2, 0.25) is 0 Å². The standard InChI is InChI=1S/C59H41N5O.Pt/c1-59(2,3)45-30-31-61-57(35-45)64-53-29-26-44(41-16-7-4-8-17-41)34-52(53)51-28-27-47(37-56(51)64)65-48-33-40(38-60)32-46(36-48)62-39-63(55-25-14-13-24-54(55)62)58-49(42-18-9-5-10-19-42)22-15-23-50(58)43-20-11-6-12-21-43;/h4-35H,1-3H3;/q-2;/i5D,6D,9D,10D,11D,12D,18D,19D,20D,21D;. The van der Waals surface area contributed by atoms with Crippen LogP contribution < -0.4 is 9.30 Å². The minimum atomic E-state index is -0.598. The van der Waals surface area contributed by atoms with E-state index in [0.717, 1.165) is 33.0 Å². The molecule has 8 aromatic carbocycles. The van der Waals surface area contributed by atoms with Crippen molar-refractivity contribution in [1.29, 1.82) is 5.26 Å². The molecule has 0 amide bonds. The van der Waals surface area contributed by atoms with Crippen LogP contribution in [-0.4, -0.2) is 14.1 Å². The molecular formula is C59H41N5OPt-2. The summed E-state index contributed by atoms with van der Waals surface area (Å²) in [6, 6.07) is 42.8. The zero-order valence-electron chi connectivity index (χ0n) is 45.7. The Morgan fingerprint density at radius 1 is 0.652 bits per heavy atom. The zero-order valence-corrected chi connectivity index (χ0v) is 37.9. The average molecular weight is 1040 g/mol. The van der Waals surface area contributed by atoms with Gasteiger partial charge in [0.25, 0.3) is 6.33 Å². The maximum Gasteiger partial charge on any atom is 0.268 e. The van der Waals surface area contributed by atoms with Gasteiger partial charge in [-0.25, -0.2) is 4.98 Å². The topological polar surface area (TPSA) is 59.6 Å². The average Bonchev–Trinajstić information content (AvgIpc) is 4.11. The van der Waals surface area contributed by atoms with Gasteiger partial charge in [0.15, 0.2) is 0 Å². The minimum absolute atomic E-state index is 0. The maximum atomic E-state index is 10.5. The summed E-state index contributed by atoms with van der Waals surface area (Å²) in [5, 5.41) is 12.4. The van der Waals surface area contributed by atoms with Crippen LogP contribution in [0.1, 0.15) is 45.6 Å². The van der Waals surface area contributed by atoms with Crippen molar-refractivity contribution in [2.24, 2.45) is 0 Å². The molecule has 11 aromatic rings. The Balaban J connectivity index is 0.00000657. The molecule has 0 saturated carbocycles. The summed E-state index contributed by atoms with van der Waals surface area (Å²) in [5.74, 6) is 1.19. The van der Waals surface area contributed by atoms with E-state index < -0.39 is 60.4 Å². The van der Waals surface area contributed by atoms with Crippen LogP contribution in [0.25, 0.3) is 83.4 Å². The molecule has 0 radical (unpaired) electrons. The number of rotatable bonds is 8. The number of para-hydroxylation sites is 3. The van der Waals surface area contributed by atoms with Crippen molar-refractivity contribution >= 4 is 32.8 Å². The normalized spacial score (nSPS) is 13.5. The maximum absolute atomic E-state index is 10.5. The van der Waals surface area contributed by atoms with E-state index in [1.165, 1.54) is 0 Å². The molecule has 3 aromatic heterocycles. The molecule has 320 valence electrons. The molecule has 11 rings (SSSR count). The first-order valence-corrected chi connectivity index (χ1v) is 20.9. The van der Waals surface area contributed by atoms with E-state index in [9.17, 15) is 5.26 Å². The van der Waals surface area contributed by atoms with Gasteiger partial charge in [0.05, 0.1) is 36.5 Å². The molecule has 7 heteroatoms. The summed E-state index contributed by atoms with van der Waals surface area (Å²) in [7, 11) is 0. The number of nitrogens with zero attached hydrogens (tertiary/aromatic N) is 5. The van der Waals surface area contributed by atoms with Gasteiger partial charge in [-0.15, -0.1) is 35.7 Å². The molecule has 0 aliphatic carbocycles. The predicted octanol–water partition coefficient (Wildman–Crippen LogP) is 13.8. The van der Waals surface area contributed by atoms with Crippen molar-refractivity contribution in [2.45, 2.75) is 26.2 Å². The Hall–Kier alpha value is -7.84. The van der Waals surface area contributed by atoms with Crippen molar-refractivity contribution < 1.29 is 44.1 Å². The largest absolute Gasteiger partial charge is 0.510 e. The van der Waals surface area contributed by atoms with Gasteiger partial charge in [-0.2, -0.15) is 11.3 Å². The van der Waals surface area contributed by atoms with Crippen LogP contribution in [0, 0.1) is 29.8 Å². The molecular weight excluding hydrogens is 990 g/mol. The van der Waals surface area contributed by atoms with Crippen LogP contribution >= 0.6 is 0 Å². The quantitative estimate of drug-likeness (QED) is 0.113. The van der Waals surface area contributed by atoms with Crippen LogP contribution in [0.5, 0.6) is 11.5 Å². The van der Waals surface area contributed by atoms with E-state index in [2.05, 4.69) is 86.3 Å². The van der Waals surface area contributed by atoms with Gasteiger partial charge in [-0.05, 0) is 73.6 Å². The molecule has 6 nitrogen and oxygen atoms in total. The Labute approximate surface area is 412 Å². The molecule has 0 bridgehead atoms. The fourth-order valence-corrected chi connectivity index (χ4v) is 8.29. The van der Waals surface area contributed by atoms with E-state index >= 15 is 0 Å². The van der Waals surface area contributed by atoms with Crippen LogP contribution in [0.3, 0.4) is 0 Å². The van der Waals surface area contributed by atoms with E-state index in [1.807, 2.05) is 42.6 Å². The third-order valence-corrected chi connectivity index (χ3v) is 11.4. The monoisotopic (exact) mass is 1040 g/mol. The third-order valence-electron chi connectivity index (χ3n) is 11.4. The smallest absolute Gasteiger partial charge is 0.268 e. The number of nitriles is 1. The number of imidazole rings is 1. The van der Waals surface area contributed by atoms with Gasteiger partial charge in [0.1, 0.15) is 5.82 Å². The SMILES string of the molecule is [2H]c1c([2H])c([2H])c(-c2cccc(-c3c([2H])c([2H])c([2H])c([2H])c3[2H])c2-[n+]2[c-]n(-c3[c-]c(Oc4[c-]c5c(cc4)c4cc(-c6ccccc6)ccc4n5-c4cc(C(C)(C)C)ccn4)cc(C#N)c3)c3ccccc32)c([2H])c1[2H].[Pt]. The number of benzene rings is 8. The van der Waals surface area contributed by atoms with Crippen LogP contribution in [-0.2, 0) is 26.5 Å². The summed E-state index contributed by atoms with van der Waals surface area (Å²) in [4.78, 5) is 4.86. The molecule has 0 saturated heterocycles. The summed E-state index contributed by atoms with van der Waals surface area (Å²) in [6.45, 7) is 6.46. The Bertz CT molecular complexity index is 4090. The van der Waals surface area contributed by atoms with Crippen molar-refractivity contribution in [3.63, 3.8) is 0 Å². The Morgan fingerprint density at radius 3 is 2.08 bits per heavy atom. The second kappa shape index (κ2) is 17.3. The number of pyridine rings is 1. The molecule has 0 aliphatic rings. The second-order valence-electron chi connectivity index (χ2n) is 16.5. The fraction of sp³-hybridized carbons (Fsp3) is 0.0678. The molecule has 0 N–H and O–H groups in total. The van der Waals surface area contributed by atoms with Gasteiger partial charge in [-0.3, -0.25) is 4.57 Å². The number of hydrogen-bond acceptors (Lipinski definition) is 3. The first kappa shape index (κ1) is 31.9. The predicted molar refractivity (Wildman–Crippen MR) is 260 cm³/mol. The van der Waals surface area contributed by atoms with E-state index in [4.69, 9.17) is 23.4 Å². The second-order valence-corrected chi connectivity index (χ2v) is 16.5. The molecule has 0 spiro atoms. The van der Waals surface area contributed by atoms with Crippen molar-refractivity contribution in [3.8, 4) is 68.1 Å². The number of hydrogen-bond donors (Lipinski definition) is 0. The summed E-state index contributed by atoms with van der Waals surface area (Å²) in [5.41, 5.74) is 6.11. The molecule has 66 heavy (non-hydrogen) atoms. The van der Waals surface area contributed by atoms with Crippen LogP contribution in [0.4, 0.5) is 0 Å². The van der Waals surface area contributed by atoms with E-state index in [1.54, 1.807) is 63.7 Å². The minimum Gasteiger partial charge on any atom is -0.510 e. The fourth-order valence-electron chi connectivity index (χ4n) is 8.29. The first-order chi connectivity index (χ1) is 35.9. The van der Waals surface area contributed by atoms with Crippen molar-refractivity contribution in [2.75, 3.05) is 0 Å². The summed E-state index contributed by atoms with van der Waals surface area (Å²) < 4.78 is 99.1. The van der Waals surface area contributed by atoms with Gasteiger partial charge >= 0.3 is 0 Å². The third kappa shape index (κ3) is 7.68. The van der Waals surface area contributed by atoms with Crippen molar-refractivity contribution in [1.82, 2.24) is 14.1 Å². The van der Waals surface area contributed by atoms with Crippen molar-refractivity contribution in [3.05, 3.63) is 224 Å². The Kier molecular flexibility index (Phi) is 8.35. The molecule has 3 heterocycles. The van der Waals surface area contributed by atoms with Gasteiger partial charge in [-0.1, -0.05) is 177 Å². The van der Waals surface area contributed by atoms with Gasteiger partial charge < -0.3 is 13.9 Å². The van der Waals surface area contributed by atoms with Crippen LogP contribution in [0.2, 0.25) is 0 Å².